The summed E-state index contributed by atoms with van der Waals surface area (Å²) in [5.74, 6) is 0.872. The van der Waals surface area contributed by atoms with Crippen LogP contribution < -0.4 is 5.32 Å². The number of hydrogen-bond acceptors (Lipinski definition) is 2. The molecule has 2 nitrogen and oxygen atoms in total. The zero-order valence-corrected chi connectivity index (χ0v) is 11.5. The molecule has 18 heavy (non-hydrogen) atoms. The first-order valence-electron chi connectivity index (χ1n) is 6.74. The third kappa shape index (κ3) is 3.09. The van der Waals surface area contributed by atoms with E-state index in [-0.39, 0.29) is 5.82 Å². The van der Waals surface area contributed by atoms with E-state index in [1.54, 1.807) is 6.07 Å². The molecule has 3 heteroatoms. The lowest BCUT2D eigenvalue weighted by molar-refractivity contribution is 0.229. The fourth-order valence-corrected chi connectivity index (χ4v) is 2.63. The van der Waals surface area contributed by atoms with Gasteiger partial charge < -0.3 is 10.2 Å². The highest BCUT2D eigenvalue weighted by Gasteiger charge is 2.29. The van der Waals surface area contributed by atoms with Gasteiger partial charge in [-0.1, -0.05) is 12.1 Å². The SMILES string of the molecule is CC(C)N(C)CC1CNCC1c1cccc(F)c1. The highest BCUT2D eigenvalue weighted by Crippen LogP contribution is 2.29. The van der Waals surface area contributed by atoms with Gasteiger partial charge in [0.05, 0.1) is 0 Å². The first-order chi connectivity index (χ1) is 8.58. The summed E-state index contributed by atoms with van der Waals surface area (Å²) in [7, 11) is 2.16. The second-order valence-electron chi connectivity index (χ2n) is 5.61. The number of nitrogens with zero attached hydrogens (tertiary/aromatic N) is 1. The summed E-state index contributed by atoms with van der Waals surface area (Å²) < 4.78 is 13.3. The van der Waals surface area contributed by atoms with Crippen LogP contribution in [0.15, 0.2) is 24.3 Å². The van der Waals surface area contributed by atoms with Crippen molar-refractivity contribution in [1.82, 2.24) is 10.2 Å². The van der Waals surface area contributed by atoms with Gasteiger partial charge in [-0.2, -0.15) is 0 Å². The second kappa shape index (κ2) is 5.81. The molecule has 1 aromatic carbocycles. The summed E-state index contributed by atoms with van der Waals surface area (Å²) in [6.07, 6.45) is 0. The van der Waals surface area contributed by atoms with Crippen LogP contribution in [0.1, 0.15) is 25.3 Å². The van der Waals surface area contributed by atoms with E-state index in [1.165, 1.54) is 6.07 Å². The quantitative estimate of drug-likeness (QED) is 0.883. The maximum absolute atomic E-state index is 13.3. The van der Waals surface area contributed by atoms with E-state index in [2.05, 4.69) is 31.1 Å². The molecule has 0 aromatic heterocycles. The largest absolute Gasteiger partial charge is 0.316 e. The van der Waals surface area contributed by atoms with Gasteiger partial charge in [0.2, 0.25) is 0 Å². The third-order valence-corrected chi connectivity index (χ3v) is 4.02. The molecule has 0 saturated carbocycles. The van der Waals surface area contributed by atoms with Crippen LogP contribution in [0.25, 0.3) is 0 Å². The van der Waals surface area contributed by atoms with Crippen molar-refractivity contribution in [3.05, 3.63) is 35.6 Å². The molecule has 100 valence electrons. The molecule has 1 N–H and O–H groups in total. The minimum absolute atomic E-state index is 0.129. The van der Waals surface area contributed by atoms with Crippen molar-refractivity contribution in [1.29, 1.82) is 0 Å². The molecule has 2 unspecified atom stereocenters. The molecule has 0 amide bonds. The van der Waals surface area contributed by atoms with E-state index >= 15 is 0 Å². The Kier molecular flexibility index (Phi) is 4.36. The van der Waals surface area contributed by atoms with Gasteiger partial charge in [-0.05, 0) is 51.1 Å². The van der Waals surface area contributed by atoms with Gasteiger partial charge in [0.25, 0.3) is 0 Å². The third-order valence-electron chi connectivity index (χ3n) is 4.02. The van der Waals surface area contributed by atoms with Crippen LogP contribution in [0.3, 0.4) is 0 Å². The molecule has 2 atom stereocenters. The Labute approximate surface area is 109 Å². The molecule has 0 spiro atoms. The van der Waals surface area contributed by atoms with E-state index in [1.807, 2.05) is 12.1 Å². The van der Waals surface area contributed by atoms with Gasteiger partial charge in [-0.25, -0.2) is 4.39 Å². The van der Waals surface area contributed by atoms with Crippen LogP contribution in [0.4, 0.5) is 4.39 Å². The first kappa shape index (κ1) is 13.5. The molecule has 1 heterocycles. The fraction of sp³-hybridized carbons (Fsp3) is 0.600. The predicted octanol–water partition coefficient (Wildman–Crippen LogP) is 2.47. The number of hydrogen-bond donors (Lipinski definition) is 1. The van der Waals surface area contributed by atoms with Gasteiger partial charge in [0.15, 0.2) is 0 Å². The van der Waals surface area contributed by atoms with Gasteiger partial charge in [0.1, 0.15) is 5.82 Å². The summed E-state index contributed by atoms with van der Waals surface area (Å²) in [4.78, 5) is 2.37. The van der Waals surface area contributed by atoms with Crippen molar-refractivity contribution in [2.75, 3.05) is 26.7 Å². The van der Waals surface area contributed by atoms with Crippen LogP contribution in [0.2, 0.25) is 0 Å². The summed E-state index contributed by atoms with van der Waals surface area (Å²) in [6, 6.07) is 7.61. The molecule has 1 aromatic rings. The smallest absolute Gasteiger partial charge is 0.123 e. The second-order valence-corrected chi connectivity index (χ2v) is 5.61. The maximum atomic E-state index is 13.3. The van der Waals surface area contributed by atoms with Gasteiger partial charge in [-0.3, -0.25) is 0 Å². The number of rotatable bonds is 4. The monoisotopic (exact) mass is 250 g/mol. The molecule has 1 fully saturated rings. The van der Waals surface area contributed by atoms with Crippen LogP contribution in [0, 0.1) is 11.7 Å². The number of halogens is 1. The zero-order valence-electron chi connectivity index (χ0n) is 11.5. The van der Waals surface area contributed by atoms with E-state index in [4.69, 9.17) is 0 Å². The molecule has 2 rings (SSSR count). The Balaban J connectivity index is 2.08. The average Bonchev–Trinajstić information content (AvgIpc) is 2.77. The van der Waals surface area contributed by atoms with Crippen LogP contribution >= 0.6 is 0 Å². The molecular weight excluding hydrogens is 227 g/mol. The summed E-state index contributed by atoms with van der Waals surface area (Å²) in [6.45, 7) is 7.46. The standard InChI is InChI=1S/C15H23FN2/c1-11(2)18(3)10-13-8-17-9-15(13)12-5-4-6-14(16)7-12/h4-7,11,13,15,17H,8-10H2,1-3H3. The Morgan fingerprint density at radius 1 is 1.39 bits per heavy atom. The molecule has 0 bridgehead atoms. The molecule has 0 aliphatic carbocycles. The average molecular weight is 250 g/mol. The van der Waals surface area contributed by atoms with Crippen LogP contribution in [-0.2, 0) is 0 Å². The predicted molar refractivity (Wildman–Crippen MR) is 73.3 cm³/mol. The number of nitrogens with one attached hydrogen (secondary N) is 1. The highest BCUT2D eigenvalue weighted by atomic mass is 19.1. The van der Waals surface area contributed by atoms with Crippen molar-refractivity contribution < 1.29 is 4.39 Å². The zero-order chi connectivity index (χ0) is 13.1. The van der Waals surface area contributed by atoms with E-state index in [0.717, 1.165) is 25.2 Å². The normalized spacial score (nSPS) is 24.1. The van der Waals surface area contributed by atoms with Gasteiger partial charge in [0, 0.05) is 25.0 Å². The lowest BCUT2D eigenvalue weighted by Gasteiger charge is -2.27. The van der Waals surface area contributed by atoms with Crippen LogP contribution in [-0.4, -0.2) is 37.6 Å². The summed E-state index contributed by atoms with van der Waals surface area (Å²) >= 11 is 0. The molecular formula is C15H23FN2. The summed E-state index contributed by atoms with van der Waals surface area (Å²) in [5, 5.41) is 3.44. The highest BCUT2D eigenvalue weighted by molar-refractivity contribution is 5.23. The van der Waals surface area contributed by atoms with Crippen LogP contribution in [0.5, 0.6) is 0 Å². The topological polar surface area (TPSA) is 15.3 Å². The van der Waals surface area contributed by atoms with Gasteiger partial charge in [-0.15, -0.1) is 0 Å². The molecule has 0 radical (unpaired) electrons. The number of benzene rings is 1. The maximum Gasteiger partial charge on any atom is 0.123 e. The van der Waals surface area contributed by atoms with E-state index in [0.29, 0.717) is 17.9 Å². The lowest BCUT2D eigenvalue weighted by atomic mass is 9.88. The van der Waals surface area contributed by atoms with Crippen molar-refractivity contribution in [2.45, 2.75) is 25.8 Å². The summed E-state index contributed by atoms with van der Waals surface area (Å²) in [5.41, 5.74) is 1.13. The van der Waals surface area contributed by atoms with E-state index in [9.17, 15) is 4.39 Å². The Morgan fingerprint density at radius 2 is 2.17 bits per heavy atom. The van der Waals surface area contributed by atoms with Crippen molar-refractivity contribution in [2.24, 2.45) is 5.92 Å². The molecule has 1 saturated heterocycles. The Morgan fingerprint density at radius 3 is 2.83 bits per heavy atom. The Bertz CT molecular complexity index is 392. The van der Waals surface area contributed by atoms with Gasteiger partial charge >= 0.3 is 0 Å². The van der Waals surface area contributed by atoms with Crippen molar-refractivity contribution in [3.8, 4) is 0 Å². The first-order valence-corrected chi connectivity index (χ1v) is 6.74. The van der Waals surface area contributed by atoms with Crippen molar-refractivity contribution >= 4 is 0 Å². The Hall–Kier alpha value is -0.930. The molecule has 1 aliphatic heterocycles. The minimum Gasteiger partial charge on any atom is -0.316 e. The fourth-order valence-electron chi connectivity index (χ4n) is 2.63. The minimum atomic E-state index is -0.129. The van der Waals surface area contributed by atoms with Crippen molar-refractivity contribution in [3.63, 3.8) is 0 Å². The lowest BCUT2D eigenvalue weighted by Crippen LogP contribution is -2.34. The molecule has 1 aliphatic rings. The van der Waals surface area contributed by atoms with E-state index < -0.39 is 0 Å².